The zero-order chi connectivity index (χ0) is 24.8. The van der Waals surface area contributed by atoms with Crippen LogP contribution in [0, 0.1) is 5.92 Å². The Balaban J connectivity index is 1.63. The average molecular weight is 480 g/mol. The van der Waals surface area contributed by atoms with Crippen LogP contribution in [0.4, 0.5) is 0 Å². The quantitative estimate of drug-likeness (QED) is 0.377. The Kier molecular flexibility index (Phi) is 8.44. The number of aliphatic hydroxyl groups is 1. The van der Waals surface area contributed by atoms with Gasteiger partial charge in [0.15, 0.2) is 11.5 Å². The van der Waals surface area contributed by atoms with Crippen LogP contribution in [-0.2, 0) is 18.3 Å². The molecule has 1 atom stereocenters. The standard InChI is InChI=1S/C28H37N3O4/c1-20(2)18-34-19-23(32)16-31(22-14-15-22)17-24-27(21-10-6-5-7-11-21)29-30(3)28(24)35-26-13-9-8-12-25(26)33-4/h5-13,20,22-23,32H,14-19H2,1-4H3. The summed E-state index contributed by atoms with van der Waals surface area (Å²) in [6.45, 7) is 6.37. The van der Waals surface area contributed by atoms with Crippen molar-refractivity contribution in [2.75, 3.05) is 26.9 Å². The van der Waals surface area contributed by atoms with Gasteiger partial charge in [-0.3, -0.25) is 4.90 Å². The number of para-hydroxylation sites is 2. The maximum Gasteiger partial charge on any atom is 0.222 e. The predicted molar refractivity (Wildman–Crippen MR) is 137 cm³/mol. The Morgan fingerprint density at radius 2 is 1.71 bits per heavy atom. The number of hydrogen-bond acceptors (Lipinski definition) is 6. The van der Waals surface area contributed by atoms with Gasteiger partial charge in [0.1, 0.15) is 5.69 Å². The van der Waals surface area contributed by atoms with Crippen molar-refractivity contribution in [3.63, 3.8) is 0 Å². The molecule has 0 bridgehead atoms. The second kappa shape index (κ2) is 11.7. The molecular formula is C28H37N3O4. The fourth-order valence-electron chi connectivity index (χ4n) is 4.21. The number of aryl methyl sites for hydroxylation is 1. The van der Waals surface area contributed by atoms with Crippen molar-refractivity contribution in [1.29, 1.82) is 0 Å². The van der Waals surface area contributed by atoms with Gasteiger partial charge in [-0.15, -0.1) is 0 Å². The minimum absolute atomic E-state index is 0.338. The Hall–Kier alpha value is -2.87. The molecule has 1 aliphatic rings. The van der Waals surface area contributed by atoms with Crippen molar-refractivity contribution < 1.29 is 19.3 Å². The summed E-state index contributed by atoms with van der Waals surface area (Å²) in [5, 5.41) is 15.6. The second-order valence-electron chi connectivity index (χ2n) is 9.62. The van der Waals surface area contributed by atoms with E-state index in [0.29, 0.717) is 55.6 Å². The fraction of sp³-hybridized carbons (Fsp3) is 0.464. The van der Waals surface area contributed by atoms with Crippen molar-refractivity contribution in [3.8, 4) is 28.6 Å². The van der Waals surface area contributed by atoms with Crippen LogP contribution in [0.2, 0.25) is 0 Å². The second-order valence-corrected chi connectivity index (χ2v) is 9.62. The SMILES string of the molecule is COc1ccccc1Oc1c(CN(CC(O)COCC(C)C)C2CC2)c(-c2ccccc2)nn1C. The van der Waals surface area contributed by atoms with Gasteiger partial charge in [0.05, 0.1) is 25.4 Å². The first-order valence-electron chi connectivity index (χ1n) is 12.4. The van der Waals surface area contributed by atoms with E-state index in [9.17, 15) is 5.11 Å². The molecule has 1 heterocycles. The number of ether oxygens (including phenoxy) is 3. The van der Waals surface area contributed by atoms with Crippen molar-refractivity contribution in [3.05, 3.63) is 60.2 Å². The third kappa shape index (κ3) is 6.63. The lowest BCUT2D eigenvalue weighted by molar-refractivity contribution is 0.00541. The zero-order valence-corrected chi connectivity index (χ0v) is 21.2. The predicted octanol–water partition coefficient (Wildman–Crippen LogP) is 4.89. The average Bonchev–Trinajstić information content (AvgIpc) is 3.66. The van der Waals surface area contributed by atoms with E-state index in [1.165, 1.54) is 0 Å². The van der Waals surface area contributed by atoms with E-state index >= 15 is 0 Å². The third-order valence-corrected chi connectivity index (χ3v) is 6.04. The van der Waals surface area contributed by atoms with Crippen molar-refractivity contribution in [2.24, 2.45) is 13.0 Å². The maximum atomic E-state index is 10.7. The van der Waals surface area contributed by atoms with E-state index in [1.807, 2.05) is 49.5 Å². The maximum absolute atomic E-state index is 10.7. The molecule has 0 radical (unpaired) electrons. The first kappa shape index (κ1) is 25.2. The van der Waals surface area contributed by atoms with E-state index in [0.717, 1.165) is 29.7 Å². The molecular weight excluding hydrogens is 442 g/mol. The number of rotatable bonds is 13. The molecule has 1 N–H and O–H groups in total. The molecule has 0 aliphatic heterocycles. The fourth-order valence-corrected chi connectivity index (χ4v) is 4.21. The molecule has 3 aromatic rings. The summed E-state index contributed by atoms with van der Waals surface area (Å²) in [6.07, 6.45) is 1.71. The van der Waals surface area contributed by atoms with Gasteiger partial charge in [-0.05, 0) is 30.9 Å². The molecule has 1 aromatic heterocycles. The summed E-state index contributed by atoms with van der Waals surface area (Å²) >= 11 is 0. The zero-order valence-electron chi connectivity index (χ0n) is 21.2. The summed E-state index contributed by atoms with van der Waals surface area (Å²) in [5.41, 5.74) is 2.91. The molecule has 7 heteroatoms. The molecule has 4 rings (SSSR count). The first-order valence-corrected chi connectivity index (χ1v) is 12.4. The number of benzene rings is 2. The molecule has 7 nitrogen and oxygen atoms in total. The molecule has 35 heavy (non-hydrogen) atoms. The highest BCUT2D eigenvalue weighted by Gasteiger charge is 2.33. The molecule has 0 saturated heterocycles. The highest BCUT2D eigenvalue weighted by molar-refractivity contribution is 5.66. The van der Waals surface area contributed by atoms with Crippen LogP contribution in [-0.4, -0.2) is 58.8 Å². The summed E-state index contributed by atoms with van der Waals surface area (Å²) in [7, 11) is 3.54. The Bertz CT molecular complexity index is 1080. The van der Waals surface area contributed by atoms with Gasteiger partial charge in [-0.25, -0.2) is 4.68 Å². The Morgan fingerprint density at radius 3 is 2.37 bits per heavy atom. The normalized spacial score (nSPS) is 14.5. The number of aliphatic hydroxyl groups excluding tert-OH is 1. The lowest BCUT2D eigenvalue weighted by atomic mass is 10.1. The van der Waals surface area contributed by atoms with E-state index in [-0.39, 0.29) is 0 Å². The molecule has 2 aromatic carbocycles. The molecule has 1 unspecified atom stereocenters. The summed E-state index contributed by atoms with van der Waals surface area (Å²) in [6, 6.07) is 18.2. The summed E-state index contributed by atoms with van der Waals surface area (Å²) in [4.78, 5) is 2.34. The lowest BCUT2D eigenvalue weighted by Gasteiger charge is -2.25. The van der Waals surface area contributed by atoms with Crippen LogP contribution < -0.4 is 9.47 Å². The van der Waals surface area contributed by atoms with Crippen LogP contribution in [0.15, 0.2) is 54.6 Å². The number of aromatic nitrogens is 2. The van der Waals surface area contributed by atoms with Gasteiger partial charge in [0.25, 0.3) is 0 Å². The third-order valence-electron chi connectivity index (χ3n) is 6.04. The van der Waals surface area contributed by atoms with E-state index in [1.54, 1.807) is 11.8 Å². The minimum atomic E-state index is -0.551. The molecule has 1 aliphatic carbocycles. The van der Waals surface area contributed by atoms with Crippen LogP contribution >= 0.6 is 0 Å². The molecule has 0 amide bonds. The van der Waals surface area contributed by atoms with Gasteiger partial charge in [-0.2, -0.15) is 5.10 Å². The molecule has 0 spiro atoms. The number of methoxy groups -OCH3 is 1. The number of hydrogen-bond donors (Lipinski definition) is 1. The minimum Gasteiger partial charge on any atom is -0.493 e. The van der Waals surface area contributed by atoms with Gasteiger partial charge < -0.3 is 19.3 Å². The summed E-state index contributed by atoms with van der Waals surface area (Å²) in [5.74, 6) is 2.42. The van der Waals surface area contributed by atoms with Gasteiger partial charge in [0, 0.05) is 38.3 Å². The van der Waals surface area contributed by atoms with Crippen molar-refractivity contribution >= 4 is 0 Å². The van der Waals surface area contributed by atoms with Crippen LogP contribution in [0.25, 0.3) is 11.3 Å². The van der Waals surface area contributed by atoms with Gasteiger partial charge in [0.2, 0.25) is 5.88 Å². The molecule has 1 saturated carbocycles. The number of nitrogens with zero attached hydrogens (tertiary/aromatic N) is 3. The Morgan fingerprint density at radius 1 is 1.03 bits per heavy atom. The van der Waals surface area contributed by atoms with Gasteiger partial charge in [-0.1, -0.05) is 56.3 Å². The lowest BCUT2D eigenvalue weighted by Crippen LogP contribution is -2.36. The monoisotopic (exact) mass is 479 g/mol. The van der Waals surface area contributed by atoms with E-state index in [4.69, 9.17) is 19.3 Å². The summed E-state index contributed by atoms with van der Waals surface area (Å²) < 4.78 is 19.4. The largest absolute Gasteiger partial charge is 0.493 e. The highest BCUT2D eigenvalue weighted by atomic mass is 16.5. The molecule has 188 valence electrons. The highest BCUT2D eigenvalue weighted by Crippen LogP contribution is 2.39. The van der Waals surface area contributed by atoms with E-state index < -0.39 is 6.10 Å². The van der Waals surface area contributed by atoms with Gasteiger partial charge >= 0.3 is 0 Å². The van der Waals surface area contributed by atoms with Crippen LogP contribution in [0.1, 0.15) is 32.3 Å². The van der Waals surface area contributed by atoms with Crippen molar-refractivity contribution in [2.45, 2.75) is 45.4 Å². The Labute approximate surface area is 208 Å². The van der Waals surface area contributed by atoms with Crippen molar-refractivity contribution in [1.82, 2.24) is 14.7 Å². The molecule has 1 fully saturated rings. The smallest absolute Gasteiger partial charge is 0.222 e. The van der Waals surface area contributed by atoms with Crippen LogP contribution in [0.5, 0.6) is 17.4 Å². The topological polar surface area (TPSA) is 69.0 Å². The van der Waals surface area contributed by atoms with E-state index in [2.05, 4.69) is 30.9 Å². The first-order chi connectivity index (χ1) is 17.0. The van der Waals surface area contributed by atoms with Crippen LogP contribution in [0.3, 0.4) is 0 Å².